The van der Waals surface area contributed by atoms with Gasteiger partial charge in [0, 0.05) is 25.5 Å². The van der Waals surface area contributed by atoms with E-state index < -0.39 is 10.0 Å². The van der Waals surface area contributed by atoms with Crippen molar-refractivity contribution in [3.05, 3.63) is 23.5 Å². The molecule has 0 aromatic carbocycles. The summed E-state index contributed by atoms with van der Waals surface area (Å²) in [4.78, 5) is 3.77. The van der Waals surface area contributed by atoms with Gasteiger partial charge in [-0.15, -0.1) is 0 Å². The van der Waals surface area contributed by atoms with Gasteiger partial charge in [-0.1, -0.05) is 11.6 Å². The average Bonchev–Trinajstić information content (AvgIpc) is 2.38. The van der Waals surface area contributed by atoms with Gasteiger partial charge in [0.05, 0.1) is 11.1 Å². The van der Waals surface area contributed by atoms with Gasteiger partial charge in [-0.2, -0.15) is 0 Å². The number of aromatic nitrogens is 1. The molecule has 1 atom stereocenters. The smallest absolute Gasteiger partial charge is 0.243 e. The topological polar surface area (TPSA) is 68.3 Å². The molecule has 2 heterocycles. The maximum Gasteiger partial charge on any atom is 0.243 e. The van der Waals surface area contributed by atoms with E-state index in [4.69, 9.17) is 16.3 Å². The van der Waals surface area contributed by atoms with Crippen molar-refractivity contribution in [3.8, 4) is 0 Å². The van der Waals surface area contributed by atoms with Crippen LogP contribution in [0, 0.1) is 0 Å². The highest BCUT2D eigenvalue weighted by molar-refractivity contribution is 7.89. The van der Waals surface area contributed by atoms with Crippen LogP contribution in [0.4, 0.5) is 0 Å². The Morgan fingerprint density at radius 2 is 2.33 bits per heavy atom. The van der Waals surface area contributed by atoms with E-state index >= 15 is 0 Å². The van der Waals surface area contributed by atoms with Gasteiger partial charge < -0.3 is 4.74 Å². The third kappa shape index (κ3) is 3.41. The number of hydrogen-bond donors (Lipinski definition) is 1. The van der Waals surface area contributed by atoms with Crippen LogP contribution in [0.5, 0.6) is 0 Å². The van der Waals surface area contributed by atoms with Crippen LogP contribution in [0.15, 0.2) is 23.4 Å². The molecule has 1 aliphatic heterocycles. The fraction of sp³-hybridized carbons (Fsp3) is 0.545. The van der Waals surface area contributed by atoms with Gasteiger partial charge in [0.2, 0.25) is 10.0 Å². The minimum atomic E-state index is -3.61. The first-order valence-corrected chi connectivity index (χ1v) is 7.66. The molecule has 2 rings (SSSR count). The van der Waals surface area contributed by atoms with E-state index in [0.29, 0.717) is 6.61 Å². The van der Waals surface area contributed by atoms with Crippen LogP contribution in [0.25, 0.3) is 0 Å². The van der Waals surface area contributed by atoms with Crippen LogP contribution in [0.1, 0.15) is 19.3 Å². The zero-order valence-corrected chi connectivity index (χ0v) is 11.4. The van der Waals surface area contributed by atoms with Crippen molar-refractivity contribution in [3.63, 3.8) is 0 Å². The van der Waals surface area contributed by atoms with Crippen LogP contribution < -0.4 is 4.72 Å². The van der Waals surface area contributed by atoms with Crippen molar-refractivity contribution in [2.75, 3.05) is 13.2 Å². The molecule has 1 aliphatic rings. The number of pyridine rings is 1. The summed E-state index contributed by atoms with van der Waals surface area (Å²) in [5, 5.41) is 0.169. The van der Waals surface area contributed by atoms with Crippen molar-refractivity contribution >= 4 is 21.6 Å². The zero-order valence-electron chi connectivity index (χ0n) is 9.80. The number of rotatable bonds is 4. The monoisotopic (exact) mass is 290 g/mol. The lowest BCUT2D eigenvalue weighted by Gasteiger charge is -2.22. The van der Waals surface area contributed by atoms with E-state index in [1.807, 2.05) is 0 Å². The molecule has 0 amide bonds. The number of nitrogens with one attached hydrogen (secondary N) is 1. The van der Waals surface area contributed by atoms with E-state index in [1.54, 1.807) is 0 Å². The summed E-state index contributed by atoms with van der Waals surface area (Å²) < 4.78 is 32.0. The Labute approximate surface area is 112 Å². The fourth-order valence-electron chi connectivity index (χ4n) is 1.81. The van der Waals surface area contributed by atoms with Gasteiger partial charge in [0.1, 0.15) is 4.90 Å². The number of sulfonamides is 1. The number of halogens is 1. The third-order valence-electron chi connectivity index (χ3n) is 2.80. The first-order chi connectivity index (χ1) is 8.59. The SMILES string of the molecule is O=S(=O)(NCC1CCCCO1)c1cnccc1Cl. The second-order valence-electron chi connectivity index (χ2n) is 4.15. The highest BCUT2D eigenvalue weighted by Gasteiger charge is 2.21. The summed E-state index contributed by atoms with van der Waals surface area (Å²) in [5.41, 5.74) is 0. The van der Waals surface area contributed by atoms with Crippen LogP contribution in [-0.2, 0) is 14.8 Å². The summed E-state index contributed by atoms with van der Waals surface area (Å²) in [6, 6.07) is 1.45. The lowest BCUT2D eigenvalue weighted by Crippen LogP contribution is -2.35. The standard InChI is InChI=1S/C11H15ClN2O3S/c12-10-4-5-13-8-11(10)18(15,16)14-7-9-3-1-2-6-17-9/h4-5,8-9,14H,1-3,6-7H2. The predicted octanol–water partition coefficient (Wildman–Crippen LogP) is 1.58. The summed E-state index contributed by atoms with van der Waals surface area (Å²) in [5.74, 6) is 0. The van der Waals surface area contributed by atoms with Crippen LogP contribution in [-0.4, -0.2) is 32.7 Å². The molecule has 0 saturated carbocycles. The first-order valence-electron chi connectivity index (χ1n) is 5.80. The summed E-state index contributed by atoms with van der Waals surface area (Å²) >= 11 is 5.84. The molecule has 0 aliphatic carbocycles. The van der Waals surface area contributed by atoms with Gasteiger partial charge >= 0.3 is 0 Å². The lowest BCUT2D eigenvalue weighted by molar-refractivity contribution is 0.0200. The third-order valence-corrected chi connectivity index (χ3v) is 4.69. The van der Waals surface area contributed by atoms with E-state index in [9.17, 15) is 8.42 Å². The highest BCUT2D eigenvalue weighted by Crippen LogP contribution is 2.19. The highest BCUT2D eigenvalue weighted by atomic mass is 35.5. The maximum atomic E-state index is 12.0. The second-order valence-corrected chi connectivity index (χ2v) is 6.29. The molecule has 0 spiro atoms. The fourth-order valence-corrected chi connectivity index (χ4v) is 3.30. The quantitative estimate of drug-likeness (QED) is 0.914. The van der Waals surface area contributed by atoms with Gasteiger partial charge in [0.25, 0.3) is 0 Å². The summed E-state index contributed by atoms with van der Waals surface area (Å²) in [7, 11) is -3.61. The molecular formula is C11H15ClN2O3S. The molecule has 100 valence electrons. The van der Waals surface area contributed by atoms with E-state index in [1.165, 1.54) is 18.5 Å². The Balaban J connectivity index is 2.01. The van der Waals surface area contributed by atoms with Crippen LogP contribution in [0.3, 0.4) is 0 Å². The molecule has 0 bridgehead atoms. The molecule has 1 aromatic rings. The van der Waals surface area contributed by atoms with Crippen molar-refractivity contribution in [2.24, 2.45) is 0 Å². The maximum absolute atomic E-state index is 12.0. The van der Waals surface area contributed by atoms with Gasteiger partial charge in [-0.05, 0) is 25.3 Å². The Kier molecular flexibility index (Phi) is 4.55. The van der Waals surface area contributed by atoms with Gasteiger partial charge in [-0.3, -0.25) is 4.98 Å². The van der Waals surface area contributed by atoms with Crippen LogP contribution in [0.2, 0.25) is 5.02 Å². The van der Waals surface area contributed by atoms with E-state index in [-0.39, 0.29) is 22.6 Å². The molecule has 1 aromatic heterocycles. The normalized spacial score (nSPS) is 20.8. The second kappa shape index (κ2) is 5.97. The lowest BCUT2D eigenvalue weighted by atomic mass is 10.1. The van der Waals surface area contributed by atoms with Gasteiger partial charge in [-0.25, -0.2) is 13.1 Å². The summed E-state index contributed by atoms with van der Waals surface area (Å²) in [6.07, 6.45) is 5.63. The number of ether oxygens (including phenoxy) is 1. The largest absolute Gasteiger partial charge is 0.377 e. The Morgan fingerprint density at radius 3 is 3.00 bits per heavy atom. The van der Waals surface area contributed by atoms with Crippen molar-refractivity contribution in [2.45, 2.75) is 30.3 Å². The van der Waals surface area contributed by atoms with Gasteiger partial charge in [0.15, 0.2) is 0 Å². The zero-order chi connectivity index (χ0) is 13.0. The van der Waals surface area contributed by atoms with E-state index in [2.05, 4.69) is 9.71 Å². The molecule has 1 unspecified atom stereocenters. The van der Waals surface area contributed by atoms with Crippen LogP contribution >= 0.6 is 11.6 Å². The van der Waals surface area contributed by atoms with E-state index in [0.717, 1.165) is 19.3 Å². The Hall–Kier alpha value is -0.690. The van der Waals surface area contributed by atoms with Crippen molar-refractivity contribution in [1.29, 1.82) is 0 Å². The van der Waals surface area contributed by atoms with Crippen molar-refractivity contribution in [1.82, 2.24) is 9.71 Å². The number of hydrogen-bond acceptors (Lipinski definition) is 4. The Morgan fingerprint density at radius 1 is 1.50 bits per heavy atom. The molecule has 5 nitrogen and oxygen atoms in total. The number of nitrogens with zero attached hydrogens (tertiary/aromatic N) is 1. The first kappa shape index (κ1) is 13.7. The molecule has 7 heteroatoms. The minimum Gasteiger partial charge on any atom is -0.377 e. The molecule has 0 radical (unpaired) electrons. The van der Waals surface area contributed by atoms with Crippen molar-refractivity contribution < 1.29 is 13.2 Å². The molecule has 1 saturated heterocycles. The molecule has 1 fully saturated rings. The molecular weight excluding hydrogens is 276 g/mol. The Bertz CT molecular complexity index is 501. The minimum absolute atomic E-state index is 0.00229. The molecule has 18 heavy (non-hydrogen) atoms. The average molecular weight is 291 g/mol. The predicted molar refractivity (Wildman–Crippen MR) is 68.0 cm³/mol. The molecule has 1 N–H and O–H groups in total. The summed E-state index contributed by atoms with van der Waals surface area (Å²) in [6.45, 7) is 0.966.